The highest BCUT2D eigenvalue weighted by Gasteiger charge is 2.14. The molecule has 0 unspecified atom stereocenters. The van der Waals surface area contributed by atoms with Gasteiger partial charge in [-0.1, -0.05) is 20.8 Å². The molecule has 0 fully saturated rings. The van der Waals surface area contributed by atoms with Crippen LogP contribution in [-0.4, -0.2) is 24.2 Å². The normalized spacial score (nSPS) is 11.1. The lowest BCUT2D eigenvalue weighted by Crippen LogP contribution is -2.03. The van der Waals surface area contributed by atoms with E-state index in [1.165, 1.54) is 0 Å². The van der Waals surface area contributed by atoms with Crippen LogP contribution in [0.25, 0.3) is 10.9 Å². The summed E-state index contributed by atoms with van der Waals surface area (Å²) >= 11 is 0. The third kappa shape index (κ3) is 2.48. The van der Waals surface area contributed by atoms with E-state index in [1.807, 2.05) is 12.1 Å². The van der Waals surface area contributed by atoms with Crippen molar-refractivity contribution in [3.05, 3.63) is 23.7 Å². The lowest BCUT2D eigenvalue weighted by atomic mass is 10.0. The van der Waals surface area contributed by atoms with Crippen LogP contribution in [0.2, 0.25) is 0 Å². The minimum absolute atomic E-state index is 0.342. The van der Waals surface area contributed by atoms with Crippen LogP contribution in [0, 0.1) is 0 Å². The highest BCUT2D eigenvalue weighted by molar-refractivity contribution is 5.85. The van der Waals surface area contributed by atoms with Crippen LogP contribution in [0.5, 0.6) is 11.5 Å². The fraction of sp³-hybridized carbons (Fsp3) is 0.467. The quantitative estimate of drug-likeness (QED) is 0.845. The van der Waals surface area contributed by atoms with Gasteiger partial charge in [-0.2, -0.15) is 0 Å². The molecular weight excluding hydrogens is 240 g/mol. The molecule has 0 bridgehead atoms. The van der Waals surface area contributed by atoms with Crippen LogP contribution in [0.1, 0.15) is 38.2 Å². The molecule has 0 atom stereocenters. The molecule has 102 valence electrons. The van der Waals surface area contributed by atoms with Crippen molar-refractivity contribution in [1.29, 1.82) is 0 Å². The molecule has 0 aliphatic rings. The van der Waals surface area contributed by atoms with E-state index in [0.29, 0.717) is 17.4 Å². The Kier molecular flexibility index (Phi) is 3.88. The van der Waals surface area contributed by atoms with Crippen molar-refractivity contribution in [2.45, 2.75) is 33.1 Å². The number of hydrogen-bond donors (Lipinski definition) is 0. The number of hydrogen-bond acceptors (Lipinski definition) is 4. The zero-order chi connectivity index (χ0) is 14.0. The van der Waals surface area contributed by atoms with Gasteiger partial charge in [-0.3, -0.25) is 0 Å². The van der Waals surface area contributed by atoms with Crippen LogP contribution in [0.4, 0.5) is 0 Å². The van der Waals surface area contributed by atoms with Crippen LogP contribution in [0.3, 0.4) is 0 Å². The second kappa shape index (κ2) is 5.43. The van der Waals surface area contributed by atoms with Crippen molar-refractivity contribution < 1.29 is 9.47 Å². The Labute approximate surface area is 113 Å². The Bertz CT molecular complexity index is 594. The molecule has 0 amide bonds. The first-order valence-corrected chi connectivity index (χ1v) is 6.53. The van der Waals surface area contributed by atoms with E-state index in [-0.39, 0.29) is 0 Å². The lowest BCUT2D eigenvalue weighted by molar-refractivity contribution is 0.355. The molecule has 4 heteroatoms. The summed E-state index contributed by atoms with van der Waals surface area (Å²) < 4.78 is 10.7. The third-order valence-electron chi connectivity index (χ3n) is 3.14. The molecule has 2 aromatic rings. The Hall–Kier alpha value is -1.84. The summed E-state index contributed by atoms with van der Waals surface area (Å²) in [6, 6.07) is 3.88. The summed E-state index contributed by atoms with van der Waals surface area (Å²) in [6.45, 7) is 6.34. The van der Waals surface area contributed by atoms with Crippen molar-refractivity contribution >= 4 is 10.9 Å². The summed E-state index contributed by atoms with van der Waals surface area (Å²) in [5.41, 5.74) is 1.97. The van der Waals surface area contributed by atoms with Gasteiger partial charge in [0.2, 0.25) is 0 Å². The predicted molar refractivity (Wildman–Crippen MR) is 76.1 cm³/mol. The zero-order valence-electron chi connectivity index (χ0n) is 12.2. The average Bonchev–Trinajstić information content (AvgIpc) is 2.44. The maximum absolute atomic E-state index is 5.36. The number of nitrogens with zero attached hydrogens (tertiary/aromatic N) is 2. The number of benzene rings is 1. The first-order chi connectivity index (χ1) is 9.10. The minimum Gasteiger partial charge on any atom is -0.493 e. The van der Waals surface area contributed by atoms with Gasteiger partial charge in [0.1, 0.15) is 5.82 Å². The van der Waals surface area contributed by atoms with Crippen molar-refractivity contribution in [1.82, 2.24) is 9.97 Å². The summed E-state index contributed by atoms with van der Waals surface area (Å²) in [5, 5.41) is 1.03. The minimum atomic E-state index is 0.342. The molecule has 1 aromatic heterocycles. The van der Waals surface area contributed by atoms with E-state index in [9.17, 15) is 0 Å². The molecule has 19 heavy (non-hydrogen) atoms. The maximum Gasteiger partial charge on any atom is 0.162 e. The van der Waals surface area contributed by atoms with E-state index in [4.69, 9.17) is 9.47 Å². The molecule has 0 radical (unpaired) electrons. The van der Waals surface area contributed by atoms with Crippen LogP contribution in [0.15, 0.2) is 12.1 Å². The van der Waals surface area contributed by atoms with E-state index in [1.54, 1.807) is 14.2 Å². The monoisotopic (exact) mass is 260 g/mol. The van der Waals surface area contributed by atoms with E-state index in [2.05, 4.69) is 30.7 Å². The molecule has 0 spiro atoms. The number of aromatic nitrogens is 2. The first kappa shape index (κ1) is 13.6. The van der Waals surface area contributed by atoms with Crippen molar-refractivity contribution in [3.8, 4) is 11.5 Å². The lowest BCUT2D eigenvalue weighted by Gasteiger charge is -2.14. The summed E-state index contributed by atoms with van der Waals surface area (Å²) in [5.74, 6) is 2.62. The van der Waals surface area contributed by atoms with Gasteiger partial charge in [0.05, 0.1) is 25.4 Å². The van der Waals surface area contributed by atoms with E-state index < -0.39 is 0 Å². The van der Waals surface area contributed by atoms with Gasteiger partial charge in [-0.05, 0) is 12.0 Å². The van der Waals surface area contributed by atoms with Gasteiger partial charge >= 0.3 is 0 Å². The van der Waals surface area contributed by atoms with Gasteiger partial charge in [0.15, 0.2) is 11.5 Å². The van der Waals surface area contributed by atoms with Gasteiger partial charge in [0.25, 0.3) is 0 Å². The fourth-order valence-corrected chi connectivity index (χ4v) is 2.13. The second-order valence-electron chi connectivity index (χ2n) is 4.76. The summed E-state index contributed by atoms with van der Waals surface area (Å²) in [6.07, 6.45) is 0.823. The van der Waals surface area contributed by atoms with E-state index >= 15 is 0 Å². The van der Waals surface area contributed by atoms with Crippen molar-refractivity contribution in [2.75, 3.05) is 14.2 Å². The molecule has 4 nitrogen and oxygen atoms in total. The van der Waals surface area contributed by atoms with Gasteiger partial charge in [-0.25, -0.2) is 9.97 Å². The van der Waals surface area contributed by atoms with Crippen LogP contribution >= 0.6 is 0 Å². The number of fused-ring (bicyclic) bond motifs is 1. The Balaban J connectivity index is 2.78. The fourth-order valence-electron chi connectivity index (χ4n) is 2.13. The SMILES string of the molecule is CCc1nc(C(C)C)c2cc(OC)c(OC)cc2n1. The smallest absolute Gasteiger partial charge is 0.162 e. The highest BCUT2D eigenvalue weighted by Crippen LogP contribution is 2.34. The molecule has 1 heterocycles. The molecule has 1 aromatic carbocycles. The topological polar surface area (TPSA) is 44.2 Å². The second-order valence-corrected chi connectivity index (χ2v) is 4.76. The van der Waals surface area contributed by atoms with Crippen LogP contribution < -0.4 is 9.47 Å². The predicted octanol–water partition coefficient (Wildman–Crippen LogP) is 3.33. The van der Waals surface area contributed by atoms with Gasteiger partial charge < -0.3 is 9.47 Å². The third-order valence-corrected chi connectivity index (χ3v) is 3.14. The van der Waals surface area contributed by atoms with Gasteiger partial charge in [-0.15, -0.1) is 0 Å². The largest absolute Gasteiger partial charge is 0.493 e. The Morgan fingerprint density at radius 3 is 2.21 bits per heavy atom. The van der Waals surface area contributed by atoms with Crippen molar-refractivity contribution in [3.63, 3.8) is 0 Å². The number of aryl methyl sites for hydroxylation is 1. The molecular formula is C15H20N2O2. The number of methoxy groups -OCH3 is 2. The summed E-state index contributed by atoms with van der Waals surface area (Å²) in [4.78, 5) is 9.22. The molecule has 0 saturated carbocycles. The number of ether oxygens (including phenoxy) is 2. The standard InChI is InChI=1S/C15H20N2O2/c1-6-14-16-11-8-13(19-5)12(18-4)7-10(11)15(17-14)9(2)3/h7-9H,6H2,1-5H3. The maximum atomic E-state index is 5.36. The molecule has 0 saturated heterocycles. The van der Waals surface area contributed by atoms with Crippen molar-refractivity contribution in [2.24, 2.45) is 0 Å². The summed E-state index contributed by atoms with van der Waals surface area (Å²) in [7, 11) is 3.27. The molecule has 0 aliphatic heterocycles. The Morgan fingerprint density at radius 2 is 1.68 bits per heavy atom. The molecule has 0 N–H and O–H groups in total. The van der Waals surface area contributed by atoms with E-state index in [0.717, 1.165) is 28.8 Å². The molecule has 2 rings (SSSR count). The van der Waals surface area contributed by atoms with Gasteiger partial charge in [0, 0.05) is 17.9 Å². The highest BCUT2D eigenvalue weighted by atomic mass is 16.5. The average molecular weight is 260 g/mol. The number of rotatable bonds is 4. The molecule has 0 aliphatic carbocycles. The Morgan fingerprint density at radius 1 is 1.05 bits per heavy atom. The van der Waals surface area contributed by atoms with Crippen LogP contribution in [-0.2, 0) is 6.42 Å². The first-order valence-electron chi connectivity index (χ1n) is 6.53. The zero-order valence-corrected chi connectivity index (χ0v) is 12.2.